The Labute approximate surface area is 121 Å². The van der Waals surface area contributed by atoms with E-state index in [0.29, 0.717) is 10.6 Å². The molecule has 2 aromatic rings. The zero-order valence-electron chi connectivity index (χ0n) is 10.8. The van der Waals surface area contributed by atoms with Crippen LogP contribution in [0, 0.1) is 0 Å². The average Bonchev–Trinajstić information content (AvgIpc) is 2.46. The van der Waals surface area contributed by atoms with Gasteiger partial charge in [0.1, 0.15) is 12.2 Å². The third-order valence-electron chi connectivity index (χ3n) is 2.76. The van der Waals surface area contributed by atoms with Crippen LogP contribution in [0.1, 0.15) is 15.9 Å². The predicted octanol–water partition coefficient (Wildman–Crippen LogP) is 3.41. The lowest BCUT2D eigenvalue weighted by Crippen LogP contribution is -2.06. The van der Waals surface area contributed by atoms with Crippen LogP contribution < -0.4 is 4.74 Å². The highest BCUT2D eigenvalue weighted by Crippen LogP contribution is 2.30. The van der Waals surface area contributed by atoms with E-state index >= 15 is 0 Å². The van der Waals surface area contributed by atoms with Crippen molar-refractivity contribution in [2.75, 3.05) is 7.11 Å². The molecule has 5 heteroatoms. The van der Waals surface area contributed by atoms with Gasteiger partial charge in [0.2, 0.25) is 0 Å². The summed E-state index contributed by atoms with van der Waals surface area (Å²) in [4.78, 5) is 11.9. The normalized spacial score (nSPS) is 10.1. The van der Waals surface area contributed by atoms with Gasteiger partial charge in [-0.15, -0.1) is 0 Å². The van der Waals surface area contributed by atoms with Gasteiger partial charge in [0, 0.05) is 10.6 Å². The number of hydrogen-bond acceptors (Lipinski definition) is 4. The standard InChI is InChI=1S/C15H13ClO4/c1-19-13-8-4-6-11(14(13)17)15(18)20-9-10-5-2-3-7-12(10)16/h2-8,17H,9H2,1H3. The Morgan fingerprint density at radius 2 is 1.95 bits per heavy atom. The Kier molecular flexibility index (Phi) is 4.48. The Morgan fingerprint density at radius 1 is 1.20 bits per heavy atom. The predicted molar refractivity (Wildman–Crippen MR) is 75.2 cm³/mol. The molecule has 0 aromatic heterocycles. The molecule has 0 radical (unpaired) electrons. The molecule has 0 aliphatic carbocycles. The number of carbonyl (C=O) groups is 1. The third kappa shape index (κ3) is 3.03. The van der Waals surface area contributed by atoms with Crippen LogP contribution in [0.5, 0.6) is 11.5 Å². The molecule has 1 N–H and O–H groups in total. The first-order valence-electron chi connectivity index (χ1n) is 5.90. The van der Waals surface area contributed by atoms with Crippen LogP contribution in [0.3, 0.4) is 0 Å². The fourth-order valence-corrected chi connectivity index (χ4v) is 1.88. The van der Waals surface area contributed by atoms with Gasteiger partial charge in [0.05, 0.1) is 7.11 Å². The number of phenolic OH excluding ortho intramolecular Hbond substituents is 1. The van der Waals surface area contributed by atoms with Crippen LogP contribution in [0.15, 0.2) is 42.5 Å². The van der Waals surface area contributed by atoms with Crippen LogP contribution in [0.2, 0.25) is 5.02 Å². The van der Waals surface area contributed by atoms with E-state index in [-0.39, 0.29) is 23.7 Å². The lowest BCUT2D eigenvalue weighted by molar-refractivity contribution is 0.0469. The first-order valence-corrected chi connectivity index (χ1v) is 6.27. The fourth-order valence-electron chi connectivity index (χ4n) is 1.69. The number of para-hydroxylation sites is 1. The summed E-state index contributed by atoms with van der Waals surface area (Å²) in [6.45, 7) is 0.0369. The van der Waals surface area contributed by atoms with Gasteiger partial charge < -0.3 is 14.6 Å². The number of halogens is 1. The minimum absolute atomic E-state index is 0.0369. The third-order valence-corrected chi connectivity index (χ3v) is 3.12. The SMILES string of the molecule is COc1cccc(C(=O)OCc2ccccc2Cl)c1O. The summed E-state index contributed by atoms with van der Waals surface area (Å²) in [6.07, 6.45) is 0. The first-order chi connectivity index (χ1) is 9.63. The molecule has 2 rings (SSSR count). The molecular formula is C15H13ClO4. The van der Waals surface area contributed by atoms with Crippen molar-refractivity contribution in [3.8, 4) is 11.5 Å². The lowest BCUT2D eigenvalue weighted by atomic mass is 10.2. The van der Waals surface area contributed by atoms with Gasteiger partial charge in [-0.2, -0.15) is 0 Å². The molecule has 0 saturated carbocycles. The van der Waals surface area contributed by atoms with Crippen molar-refractivity contribution in [1.82, 2.24) is 0 Å². The average molecular weight is 293 g/mol. The highest BCUT2D eigenvalue weighted by Gasteiger charge is 2.16. The maximum atomic E-state index is 11.9. The van der Waals surface area contributed by atoms with E-state index in [4.69, 9.17) is 21.1 Å². The van der Waals surface area contributed by atoms with Crippen molar-refractivity contribution < 1.29 is 19.4 Å². The molecule has 104 valence electrons. The van der Waals surface area contributed by atoms with Crippen molar-refractivity contribution in [2.24, 2.45) is 0 Å². The largest absolute Gasteiger partial charge is 0.504 e. The first kappa shape index (κ1) is 14.2. The van der Waals surface area contributed by atoms with E-state index in [1.54, 1.807) is 36.4 Å². The van der Waals surface area contributed by atoms with Crippen LogP contribution in [-0.2, 0) is 11.3 Å². The maximum absolute atomic E-state index is 11.9. The van der Waals surface area contributed by atoms with Gasteiger partial charge in [0.15, 0.2) is 11.5 Å². The molecule has 0 fully saturated rings. The van der Waals surface area contributed by atoms with E-state index < -0.39 is 5.97 Å². The zero-order valence-corrected chi connectivity index (χ0v) is 11.6. The number of benzene rings is 2. The van der Waals surface area contributed by atoms with E-state index in [9.17, 15) is 9.90 Å². The van der Waals surface area contributed by atoms with E-state index in [2.05, 4.69) is 0 Å². The van der Waals surface area contributed by atoms with Gasteiger partial charge in [0.25, 0.3) is 0 Å². The Hall–Kier alpha value is -2.20. The number of aromatic hydroxyl groups is 1. The van der Waals surface area contributed by atoms with Crippen LogP contribution in [0.4, 0.5) is 0 Å². The minimum Gasteiger partial charge on any atom is -0.504 e. The van der Waals surface area contributed by atoms with Gasteiger partial charge in [-0.05, 0) is 18.2 Å². The van der Waals surface area contributed by atoms with Crippen LogP contribution in [0.25, 0.3) is 0 Å². The summed E-state index contributed by atoms with van der Waals surface area (Å²) >= 11 is 5.97. The van der Waals surface area contributed by atoms with E-state index in [1.165, 1.54) is 13.2 Å². The summed E-state index contributed by atoms with van der Waals surface area (Å²) in [5.41, 5.74) is 0.751. The number of methoxy groups -OCH3 is 1. The number of hydrogen-bond donors (Lipinski definition) is 1. The van der Waals surface area contributed by atoms with Crippen LogP contribution >= 0.6 is 11.6 Å². The molecule has 0 atom stereocenters. The number of carbonyl (C=O) groups excluding carboxylic acids is 1. The molecule has 0 saturated heterocycles. The summed E-state index contributed by atoms with van der Waals surface area (Å²) in [6, 6.07) is 11.7. The second kappa shape index (κ2) is 6.30. The molecule has 0 aliphatic heterocycles. The molecule has 0 spiro atoms. The fraction of sp³-hybridized carbons (Fsp3) is 0.133. The second-order valence-electron chi connectivity index (χ2n) is 4.02. The van der Waals surface area contributed by atoms with Gasteiger partial charge >= 0.3 is 5.97 Å². The summed E-state index contributed by atoms with van der Waals surface area (Å²) in [7, 11) is 1.41. The molecule has 20 heavy (non-hydrogen) atoms. The van der Waals surface area contributed by atoms with Gasteiger partial charge in [-0.1, -0.05) is 35.9 Å². The number of ether oxygens (including phenoxy) is 2. The highest BCUT2D eigenvalue weighted by atomic mass is 35.5. The zero-order chi connectivity index (χ0) is 14.5. The molecular weight excluding hydrogens is 280 g/mol. The van der Waals surface area contributed by atoms with Gasteiger partial charge in [-0.25, -0.2) is 4.79 Å². The molecule has 0 aliphatic rings. The Balaban J connectivity index is 2.12. The summed E-state index contributed by atoms with van der Waals surface area (Å²) in [5.74, 6) is -0.655. The number of rotatable bonds is 4. The molecule has 0 heterocycles. The second-order valence-corrected chi connectivity index (χ2v) is 4.43. The van der Waals surface area contributed by atoms with Crippen LogP contribution in [-0.4, -0.2) is 18.2 Å². The molecule has 0 amide bonds. The minimum atomic E-state index is -0.638. The number of phenols is 1. The summed E-state index contributed by atoms with van der Waals surface area (Å²) < 4.78 is 10.1. The molecule has 4 nitrogen and oxygen atoms in total. The Morgan fingerprint density at radius 3 is 2.65 bits per heavy atom. The molecule has 0 unspecified atom stereocenters. The van der Waals surface area contributed by atoms with Crippen molar-refractivity contribution >= 4 is 17.6 Å². The van der Waals surface area contributed by atoms with Crippen molar-refractivity contribution in [2.45, 2.75) is 6.61 Å². The van der Waals surface area contributed by atoms with Crippen molar-refractivity contribution in [3.63, 3.8) is 0 Å². The molecule has 2 aromatic carbocycles. The quantitative estimate of drug-likeness (QED) is 0.877. The van der Waals surface area contributed by atoms with E-state index in [1.807, 2.05) is 0 Å². The van der Waals surface area contributed by atoms with Gasteiger partial charge in [-0.3, -0.25) is 0 Å². The number of esters is 1. The van der Waals surface area contributed by atoms with E-state index in [0.717, 1.165) is 0 Å². The van der Waals surface area contributed by atoms with Crippen molar-refractivity contribution in [3.05, 3.63) is 58.6 Å². The van der Waals surface area contributed by atoms with Crippen molar-refractivity contribution in [1.29, 1.82) is 0 Å². The lowest BCUT2D eigenvalue weighted by Gasteiger charge is -2.09. The molecule has 0 bridgehead atoms. The maximum Gasteiger partial charge on any atom is 0.342 e. The highest BCUT2D eigenvalue weighted by molar-refractivity contribution is 6.31. The smallest absolute Gasteiger partial charge is 0.342 e. The summed E-state index contributed by atoms with van der Waals surface area (Å²) in [5, 5.41) is 10.4. The Bertz CT molecular complexity index is 625. The topological polar surface area (TPSA) is 55.8 Å². The monoisotopic (exact) mass is 292 g/mol.